The highest BCUT2D eigenvalue weighted by Gasteiger charge is 2.30. The van der Waals surface area contributed by atoms with Crippen molar-refractivity contribution in [3.63, 3.8) is 0 Å². The molecule has 1 N–H and O–H groups in total. The molecular formula is C17H20N4O2. The van der Waals surface area contributed by atoms with E-state index in [0.29, 0.717) is 18.7 Å². The van der Waals surface area contributed by atoms with Gasteiger partial charge in [-0.15, -0.1) is 5.10 Å². The zero-order valence-corrected chi connectivity index (χ0v) is 13.3. The molecule has 2 heterocycles. The molecule has 1 aromatic heterocycles. The Bertz CT molecular complexity index is 723. The van der Waals surface area contributed by atoms with E-state index >= 15 is 0 Å². The first kappa shape index (κ1) is 15.3. The summed E-state index contributed by atoms with van der Waals surface area (Å²) in [7, 11) is 1.68. The molecule has 0 bridgehead atoms. The van der Waals surface area contributed by atoms with Crippen molar-refractivity contribution in [1.82, 2.24) is 14.7 Å². The Kier molecular flexibility index (Phi) is 4.14. The molecule has 1 aliphatic rings. The van der Waals surface area contributed by atoms with Crippen molar-refractivity contribution in [3.8, 4) is 5.69 Å². The number of para-hydroxylation sites is 1. The molecule has 1 atom stereocenters. The number of hydrogen-bond donors (Lipinski definition) is 1. The largest absolute Gasteiger partial charge is 0.334 e. The van der Waals surface area contributed by atoms with Crippen LogP contribution < -0.4 is 5.32 Å². The lowest BCUT2D eigenvalue weighted by molar-refractivity contribution is -0.140. The molecule has 1 fully saturated rings. The predicted molar refractivity (Wildman–Crippen MR) is 87.3 cm³/mol. The Labute approximate surface area is 135 Å². The SMILES string of the molecule is Cc1cn(-c2ccccc2)nc1NC(=O)C1CCCC(=O)N1C. The number of nitrogens with zero attached hydrogens (tertiary/aromatic N) is 3. The van der Waals surface area contributed by atoms with Crippen molar-refractivity contribution < 1.29 is 9.59 Å². The van der Waals surface area contributed by atoms with E-state index in [1.54, 1.807) is 11.7 Å². The summed E-state index contributed by atoms with van der Waals surface area (Å²) in [6.07, 6.45) is 3.83. The summed E-state index contributed by atoms with van der Waals surface area (Å²) < 4.78 is 1.74. The summed E-state index contributed by atoms with van der Waals surface area (Å²) in [4.78, 5) is 25.7. The van der Waals surface area contributed by atoms with Crippen molar-refractivity contribution in [1.29, 1.82) is 0 Å². The molecular weight excluding hydrogens is 292 g/mol. The molecule has 0 saturated carbocycles. The summed E-state index contributed by atoms with van der Waals surface area (Å²) in [6, 6.07) is 9.30. The van der Waals surface area contributed by atoms with Crippen LogP contribution >= 0.6 is 0 Å². The van der Waals surface area contributed by atoms with Crippen LogP contribution in [0.1, 0.15) is 24.8 Å². The van der Waals surface area contributed by atoms with Crippen molar-refractivity contribution in [2.75, 3.05) is 12.4 Å². The quantitative estimate of drug-likeness (QED) is 0.944. The average Bonchev–Trinajstić information content (AvgIpc) is 2.92. The van der Waals surface area contributed by atoms with Gasteiger partial charge in [0.1, 0.15) is 6.04 Å². The van der Waals surface area contributed by atoms with Crippen LogP contribution in [0.5, 0.6) is 0 Å². The number of carbonyl (C=O) groups is 2. The normalized spacial score (nSPS) is 18.1. The van der Waals surface area contributed by atoms with E-state index in [-0.39, 0.29) is 11.8 Å². The van der Waals surface area contributed by atoms with Crippen molar-refractivity contribution in [2.45, 2.75) is 32.2 Å². The monoisotopic (exact) mass is 312 g/mol. The highest BCUT2D eigenvalue weighted by atomic mass is 16.2. The maximum atomic E-state index is 12.5. The van der Waals surface area contributed by atoms with Gasteiger partial charge in [0.05, 0.1) is 5.69 Å². The first-order chi connectivity index (χ1) is 11.1. The summed E-state index contributed by atoms with van der Waals surface area (Å²) in [6.45, 7) is 1.90. The van der Waals surface area contributed by atoms with Crippen LogP contribution in [0.4, 0.5) is 5.82 Å². The highest BCUT2D eigenvalue weighted by molar-refractivity contribution is 5.97. The molecule has 3 rings (SSSR count). The minimum Gasteiger partial charge on any atom is -0.334 e. The van der Waals surface area contributed by atoms with Crippen LogP contribution in [0.3, 0.4) is 0 Å². The number of carbonyl (C=O) groups excluding carboxylic acids is 2. The van der Waals surface area contributed by atoms with E-state index in [4.69, 9.17) is 0 Å². The standard InChI is InChI=1S/C17H20N4O2/c1-12-11-21(13-7-4-3-5-8-13)19-16(12)18-17(23)14-9-6-10-15(22)20(14)2/h3-5,7-8,11,14H,6,9-10H2,1-2H3,(H,18,19,23). The third kappa shape index (κ3) is 3.11. The van der Waals surface area contributed by atoms with Crippen LogP contribution in [-0.4, -0.2) is 39.6 Å². The molecule has 6 heteroatoms. The zero-order chi connectivity index (χ0) is 16.4. The Balaban J connectivity index is 1.77. The smallest absolute Gasteiger partial charge is 0.248 e. The predicted octanol–water partition coefficient (Wildman–Crippen LogP) is 2.13. The molecule has 0 aliphatic carbocycles. The van der Waals surface area contributed by atoms with Gasteiger partial charge in [-0.05, 0) is 31.9 Å². The number of piperidine rings is 1. The maximum Gasteiger partial charge on any atom is 0.248 e. The van der Waals surface area contributed by atoms with E-state index in [9.17, 15) is 9.59 Å². The number of likely N-dealkylation sites (tertiary alicyclic amines) is 1. The molecule has 1 saturated heterocycles. The first-order valence-electron chi connectivity index (χ1n) is 7.74. The maximum absolute atomic E-state index is 12.5. The Morgan fingerprint density at radius 3 is 2.78 bits per heavy atom. The van der Waals surface area contributed by atoms with Gasteiger partial charge in [-0.1, -0.05) is 18.2 Å². The van der Waals surface area contributed by atoms with Crippen molar-refractivity contribution in [3.05, 3.63) is 42.1 Å². The second-order valence-electron chi connectivity index (χ2n) is 5.84. The number of amides is 2. The zero-order valence-electron chi connectivity index (χ0n) is 13.3. The summed E-state index contributed by atoms with van der Waals surface area (Å²) in [5.41, 5.74) is 1.81. The van der Waals surface area contributed by atoms with Gasteiger partial charge in [0.15, 0.2) is 5.82 Å². The number of rotatable bonds is 3. The van der Waals surface area contributed by atoms with E-state index in [1.165, 1.54) is 4.90 Å². The number of nitrogens with one attached hydrogen (secondary N) is 1. The van der Waals surface area contributed by atoms with Crippen LogP contribution in [-0.2, 0) is 9.59 Å². The average molecular weight is 312 g/mol. The minimum atomic E-state index is -0.419. The summed E-state index contributed by atoms with van der Waals surface area (Å²) in [5.74, 6) is 0.371. The summed E-state index contributed by atoms with van der Waals surface area (Å²) >= 11 is 0. The molecule has 1 aromatic carbocycles. The molecule has 2 amide bonds. The van der Waals surface area contributed by atoms with E-state index in [2.05, 4.69) is 10.4 Å². The topological polar surface area (TPSA) is 67.2 Å². The second kappa shape index (κ2) is 6.24. The van der Waals surface area contributed by atoms with E-state index in [1.807, 2.05) is 43.5 Å². The van der Waals surface area contributed by atoms with Gasteiger partial charge < -0.3 is 10.2 Å². The van der Waals surface area contributed by atoms with Crippen LogP contribution in [0.2, 0.25) is 0 Å². The lowest BCUT2D eigenvalue weighted by Gasteiger charge is -2.31. The Hall–Kier alpha value is -2.63. The molecule has 1 unspecified atom stereocenters. The third-order valence-electron chi connectivity index (χ3n) is 4.19. The molecule has 1 aliphatic heterocycles. The second-order valence-corrected chi connectivity index (χ2v) is 5.84. The molecule has 6 nitrogen and oxygen atoms in total. The Morgan fingerprint density at radius 1 is 1.30 bits per heavy atom. The molecule has 2 aromatic rings. The first-order valence-corrected chi connectivity index (χ1v) is 7.74. The molecule has 0 spiro atoms. The Morgan fingerprint density at radius 2 is 2.04 bits per heavy atom. The number of hydrogen-bond acceptors (Lipinski definition) is 3. The van der Waals surface area contributed by atoms with Crippen molar-refractivity contribution in [2.24, 2.45) is 0 Å². The number of benzene rings is 1. The number of aryl methyl sites for hydroxylation is 1. The van der Waals surface area contributed by atoms with Gasteiger partial charge in [-0.3, -0.25) is 9.59 Å². The third-order valence-corrected chi connectivity index (χ3v) is 4.19. The fourth-order valence-electron chi connectivity index (χ4n) is 2.79. The van der Waals surface area contributed by atoms with Gasteiger partial charge in [-0.25, -0.2) is 4.68 Å². The van der Waals surface area contributed by atoms with Crippen molar-refractivity contribution >= 4 is 17.6 Å². The fourth-order valence-corrected chi connectivity index (χ4v) is 2.79. The van der Waals surface area contributed by atoms with Gasteiger partial charge in [0.25, 0.3) is 0 Å². The van der Waals surface area contributed by atoms with Crippen LogP contribution in [0, 0.1) is 6.92 Å². The van der Waals surface area contributed by atoms with Gasteiger partial charge in [0, 0.05) is 25.2 Å². The number of aromatic nitrogens is 2. The van der Waals surface area contributed by atoms with Crippen LogP contribution in [0.25, 0.3) is 5.69 Å². The molecule has 120 valence electrons. The minimum absolute atomic E-state index is 0.0166. The van der Waals surface area contributed by atoms with Gasteiger partial charge in [-0.2, -0.15) is 0 Å². The molecule has 0 radical (unpaired) electrons. The lowest BCUT2D eigenvalue weighted by Crippen LogP contribution is -2.47. The summed E-state index contributed by atoms with van der Waals surface area (Å²) in [5, 5.41) is 7.30. The van der Waals surface area contributed by atoms with E-state index < -0.39 is 6.04 Å². The number of likely N-dealkylation sites (N-methyl/N-ethyl adjacent to an activating group) is 1. The number of anilines is 1. The van der Waals surface area contributed by atoms with Gasteiger partial charge in [0.2, 0.25) is 11.8 Å². The fraction of sp³-hybridized carbons (Fsp3) is 0.353. The van der Waals surface area contributed by atoms with Crippen LogP contribution in [0.15, 0.2) is 36.5 Å². The highest BCUT2D eigenvalue weighted by Crippen LogP contribution is 2.20. The van der Waals surface area contributed by atoms with E-state index in [0.717, 1.165) is 17.7 Å². The van der Waals surface area contributed by atoms with Gasteiger partial charge >= 0.3 is 0 Å². The molecule has 23 heavy (non-hydrogen) atoms. The lowest BCUT2D eigenvalue weighted by atomic mass is 10.0.